The van der Waals surface area contributed by atoms with Crippen molar-refractivity contribution in [2.75, 3.05) is 7.11 Å². The van der Waals surface area contributed by atoms with Crippen LogP contribution in [-0.2, 0) is 14.9 Å². The van der Waals surface area contributed by atoms with Crippen molar-refractivity contribution in [3.8, 4) is 5.75 Å². The number of para-hydroxylation sites is 1. The number of hydrogen-bond donors (Lipinski definition) is 2. The molecule has 1 aromatic carbocycles. The number of benzene rings is 1. The Balaban J connectivity index is 1.71. The van der Waals surface area contributed by atoms with Crippen molar-refractivity contribution in [1.82, 2.24) is 5.32 Å². The van der Waals surface area contributed by atoms with Gasteiger partial charge in [-0.15, -0.1) is 0 Å². The lowest BCUT2D eigenvalue weighted by molar-refractivity contribution is -0.183. The molecule has 1 unspecified atom stereocenters. The van der Waals surface area contributed by atoms with Crippen molar-refractivity contribution in [1.29, 1.82) is 0 Å². The van der Waals surface area contributed by atoms with Crippen LogP contribution >= 0.6 is 0 Å². The molecule has 0 spiro atoms. The van der Waals surface area contributed by atoms with Crippen LogP contribution in [0.2, 0.25) is 0 Å². The highest BCUT2D eigenvalue weighted by Crippen LogP contribution is 2.75. The molecule has 3 aliphatic rings. The summed E-state index contributed by atoms with van der Waals surface area (Å²) in [5, 5.41) is 12.2. The molecule has 2 bridgehead atoms. The van der Waals surface area contributed by atoms with E-state index in [2.05, 4.69) is 5.32 Å². The molecule has 0 saturated heterocycles. The first-order chi connectivity index (χ1) is 11.6. The number of rotatable bonds is 5. The Bertz CT molecular complexity index is 686. The number of alkyl carbamates (subject to hydrolysis) is 1. The molecular formula is C19H25NO5. The fourth-order valence-corrected chi connectivity index (χ4v) is 4.44. The van der Waals surface area contributed by atoms with Gasteiger partial charge in [0.1, 0.15) is 17.4 Å². The van der Waals surface area contributed by atoms with E-state index in [4.69, 9.17) is 9.47 Å². The monoisotopic (exact) mass is 347 g/mol. The minimum atomic E-state index is -1.01. The maximum absolute atomic E-state index is 12.0. The Labute approximate surface area is 147 Å². The summed E-state index contributed by atoms with van der Waals surface area (Å²) < 4.78 is 10.7. The van der Waals surface area contributed by atoms with Gasteiger partial charge in [0.05, 0.1) is 7.11 Å². The van der Waals surface area contributed by atoms with Gasteiger partial charge >= 0.3 is 12.1 Å². The lowest BCUT2D eigenvalue weighted by Gasteiger charge is -2.72. The predicted octanol–water partition coefficient (Wildman–Crippen LogP) is 3.09. The summed E-state index contributed by atoms with van der Waals surface area (Å²) in [5.41, 5.74) is 0.0332. The SMILES string of the molecule is COc1ccccc1C12CC(C(NC(=O)OC(C)(C)C)C(=O)O)(C1)C2. The van der Waals surface area contributed by atoms with Crippen LogP contribution in [0.4, 0.5) is 4.79 Å². The van der Waals surface area contributed by atoms with Crippen LogP contribution in [0.1, 0.15) is 45.6 Å². The topological polar surface area (TPSA) is 84.9 Å². The first-order valence-corrected chi connectivity index (χ1v) is 8.47. The van der Waals surface area contributed by atoms with Gasteiger partial charge in [-0.1, -0.05) is 18.2 Å². The Morgan fingerprint density at radius 2 is 1.80 bits per heavy atom. The van der Waals surface area contributed by atoms with Crippen LogP contribution in [0.5, 0.6) is 5.75 Å². The third kappa shape index (κ3) is 2.94. The number of carboxylic acid groups (broad SMARTS) is 1. The zero-order valence-corrected chi connectivity index (χ0v) is 15.1. The largest absolute Gasteiger partial charge is 0.496 e. The second kappa shape index (κ2) is 5.64. The summed E-state index contributed by atoms with van der Waals surface area (Å²) in [6.45, 7) is 5.25. The van der Waals surface area contributed by atoms with Gasteiger partial charge in [-0.2, -0.15) is 0 Å². The number of methoxy groups -OCH3 is 1. The van der Waals surface area contributed by atoms with E-state index < -0.39 is 29.1 Å². The Morgan fingerprint density at radius 3 is 2.32 bits per heavy atom. The smallest absolute Gasteiger partial charge is 0.408 e. The molecule has 0 heterocycles. The van der Waals surface area contributed by atoms with Gasteiger partial charge in [-0.3, -0.25) is 0 Å². The summed E-state index contributed by atoms with van der Waals surface area (Å²) in [6, 6.07) is 6.93. The summed E-state index contributed by atoms with van der Waals surface area (Å²) in [4.78, 5) is 23.7. The van der Waals surface area contributed by atoms with Crippen LogP contribution in [-0.4, -0.2) is 35.9 Å². The van der Waals surface area contributed by atoms with Crippen LogP contribution in [0.15, 0.2) is 24.3 Å². The van der Waals surface area contributed by atoms with Crippen molar-refractivity contribution in [3.05, 3.63) is 29.8 Å². The maximum atomic E-state index is 12.0. The summed E-state index contributed by atoms with van der Waals surface area (Å²) in [5.74, 6) is -0.179. The predicted molar refractivity (Wildman–Crippen MR) is 91.7 cm³/mol. The Morgan fingerprint density at radius 1 is 1.20 bits per heavy atom. The number of ether oxygens (including phenoxy) is 2. The van der Waals surface area contributed by atoms with Gasteiger partial charge in [-0.25, -0.2) is 9.59 Å². The summed E-state index contributed by atoms with van der Waals surface area (Å²) in [6.07, 6.45) is 1.50. The minimum absolute atomic E-state index is 0.0318. The number of carbonyl (C=O) groups is 2. The molecule has 2 N–H and O–H groups in total. The number of hydrogen-bond acceptors (Lipinski definition) is 4. The molecule has 0 aliphatic heterocycles. The van der Waals surface area contributed by atoms with Crippen molar-refractivity contribution >= 4 is 12.1 Å². The van der Waals surface area contributed by atoms with Crippen LogP contribution in [0.3, 0.4) is 0 Å². The highest BCUT2D eigenvalue weighted by atomic mass is 16.6. The summed E-state index contributed by atoms with van der Waals surface area (Å²) in [7, 11) is 1.64. The average Bonchev–Trinajstić information content (AvgIpc) is 2.41. The van der Waals surface area contributed by atoms with Gasteiger partial charge < -0.3 is 19.9 Å². The fourth-order valence-electron chi connectivity index (χ4n) is 4.44. The standard InChI is InChI=1S/C19H25NO5/c1-17(2,3)25-16(23)20-14(15(21)22)19-9-18(10-19,11-19)12-7-5-6-8-13(12)24-4/h5-8,14H,9-11H2,1-4H3,(H,20,23)(H,21,22). The highest BCUT2D eigenvalue weighted by Gasteiger charge is 2.73. The molecule has 3 aliphatic carbocycles. The van der Waals surface area contributed by atoms with Crippen LogP contribution < -0.4 is 10.1 Å². The van der Waals surface area contributed by atoms with E-state index >= 15 is 0 Å². The van der Waals surface area contributed by atoms with Crippen molar-refractivity contribution in [2.45, 2.75) is 57.1 Å². The molecule has 6 nitrogen and oxygen atoms in total. The van der Waals surface area contributed by atoms with Crippen LogP contribution in [0.25, 0.3) is 0 Å². The van der Waals surface area contributed by atoms with Gasteiger partial charge in [0.15, 0.2) is 0 Å². The first-order valence-electron chi connectivity index (χ1n) is 8.47. The molecule has 25 heavy (non-hydrogen) atoms. The van der Waals surface area contributed by atoms with E-state index in [9.17, 15) is 14.7 Å². The molecule has 0 aromatic heterocycles. The third-order valence-corrected chi connectivity index (χ3v) is 5.27. The minimum Gasteiger partial charge on any atom is -0.496 e. The second-order valence-corrected chi connectivity index (χ2v) is 8.29. The second-order valence-electron chi connectivity index (χ2n) is 8.29. The van der Waals surface area contributed by atoms with E-state index in [-0.39, 0.29) is 5.41 Å². The lowest BCUT2D eigenvalue weighted by Crippen LogP contribution is -2.73. The zero-order valence-electron chi connectivity index (χ0n) is 15.1. The average molecular weight is 347 g/mol. The highest BCUT2D eigenvalue weighted by molar-refractivity contribution is 5.82. The molecule has 1 atom stereocenters. The fraction of sp³-hybridized carbons (Fsp3) is 0.579. The molecular weight excluding hydrogens is 322 g/mol. The maximum Gasteiger partial charge on any atom is 0.408 e. The Hall–Kier alpha value is -2.24. The molecule has 6 heteroatoms. The van der Waals surface area contributed by atoms with Gasteiger partial charge in [0, 0.05) is 16.4 Å². The summed E-state index contributed by atoms with van der Waals surface area (Å²) >= 11 is 0. The van der Waals surface area contributed by atoms with Crippen molar-refractivity contribution in [2.24, 2.45) is 5.41 Å². The molecule has 0 radical (unpaired) electrons. The molecule has 1 aromatic rings. The van der Waals surface area contributed by atoms with Crippen molar-refractivity contribution in [3.63, 3.8) is 0 Å². The van der Waals surface area contributed by atoms with E-state index in [1.54, 1.807) is 27.9 Å². The number of aliphatic carboxylic acids is 1. The Kier molecular flexibility index (Phi) is 3.97. The number of amides is 1. The first kappa shape index (κ1) is 17.6. The zero-order chi connectivity index (χ0) is 18.5. The molecule has 3 fully saturated rings. The van der Waals surface area contributed by atoms with E-state index in [1.807, 2.05) is 24.3 Å². The quantitative estimate of drug-likeness (QED) is 0.855. The number of nitrogens with one attached hydrogen (secondary N) is 1. The van der Waals surface area contributed by atoms with Gasteiger partial charge in [0.25, 0.3) is 0 Å². The molecule has 1 amide bonds. The lowest BCUT2D eigenvalue weighted by atomic mass is 9.31. The van der Waals surface area contributed by atoms with Crippen LogP contribution in [0, 0.1) is 5.41 Å². The van der Waals surface area contributed by atoms with E-state index in [1.165, 1.54) is 0 Å². The number of carbonyl (C=O) groups excluding carboxylic acids is 1. The van der Waals surface area contributed by atoms with Crippen molar-refractivity contribution < 1.29 is 24.2 Å². The molecule has 4 rings (SSSR count). The number of carboxylic acids is 1. The normalized spacial score (nSPS) is 28.2. The van der Waals surface area contributed by atoms with Gasteiger partial charge in [-0.05, 0) is 46.1 Å². The molecule has 136 valence electrons. The van der Waals surface area contributed by atoms with E-state index in [0.29, 0.717) is 0 Å². The molecule has 3 saturated carbocycles. The third-order valence-electron chi connectivity index (χ3n) is 5.27. The van der Waals surface area contributed by atoms with E-state index in [0.717, 1.165) is 30.6 Å². The van der Waals surface area contributed by atoms with Gasteiger partial charge in [0.2, 0.25) is 0 Å².